The summed E-state index contributed by atoms with van der Waals surface area (Å²) in [7, 11) is 1.61. The van der Waals surface area contributed by atoms with Gasteiger partial charge in [0.25, 0.3) is 0 Å². The van der Waals surface area contributed by atoms with Crippen LogP contribution in [-0.2, 0) is 5.41 Å². The maximum Gasteiger partial charge on any atom is 0.193 e. The second-order valence-corrected chi connectivity index (χ2v) is 13.3. The Hall–Kier alpha value is -6.45. The van der Waals surface area contributed by atoms with Gasteiger partial charge in [-0.3, -0.25) is 4.79 Å². The predicted molar refractivity (Wildman–Crippen MR) is 206 cm³/mol. The first kappa shape index (κ1) is 30.6. The largest absolute Gasteiger partial charge is 0.497 e. The van der Waals surface area contributed by atoms with E-state index in [0.29, 0.717) is 16.9 Å². The molecule has 3 heteroatoms. The monoisotopic (exact) mass is 658 g/mol. The van der Waals surface area contributed by atoms with Crippen LogP contribution in [0.25, 0.3) is 32.7 Å². The highest BCUT2D eigenvalue weighted by molar-refractivity contribution is 6.09. The fourth-order valence-corrected chi connectivity index (χ4v) is 7.86. The molecular weight excluding hydrogens is 625 g/mol. The highest BCUT2D eigenvalue weighted by Gasteiger charge is 2.46. The fourth-order valence-electron chi connectivity index (χ4n) is 7.86. The number of methoxy groups -OCH3 is 1. The Balaban J connectivity index is 1.09. The summed E-state index contributed by atoms with van der Waals surface area (Å²) < 4.78 is 11.5. The molecule has 8 aromatic carbocycles. The number of benzene rings is 8. The predicted octanol–water partition coefficient (Wildman–Crippen LogP) is 11.7. The van der Waals surface area contributed by atoms with Gasteiger partial charge in [-0.15, -0.1) is 0 Å². The number of ether oxygens (including phenoxy) is 2. The van der Waals surface area contributed by atoms with E-state index in [0.717, 1.165) is 22.3 Å². The van der Waals surface area contributed by atoms with Gasteiger partial charge in [-0.05, 0) is 135 Å². The Morgan fingerprint density at radius 3 is 1.53 bits per heavy atom. The number of aryl methyl sites for hydroxylation is 1. The molecule has 1 aliphatic carbocycles. The Labute approximate surface area is 297 Å². The van der Waals surface area contributed by atoms with Crippen molar-refractivity contribution in [3.05, 3.63) is 209 Å². The van der Waals surface area contributed by atoms with E-state index in [1.807, 2.05) is 18.2 Å². The summed E-state index contributed by atoms with van der Waals surface area (Å²) in [4.78, 5) is 13.0. The molecule has 0 saturated heterocycles. The van der Waals surface area contributed by atoms with E-state index in [1.54, 1.807) is 43.5 Å². The van der Waals surface area contributed by atoms with Crippen LogP contribution in [0, 0.1) is 6.92 Å². The zero-order valence-electron chi connectivity index (χ0n) is 28.4. The first-order valence-electron chi connectivity index (χ1n) is 17.2. The molecule has 0 aromatic heterocycles. The van der Waals surface area contributed by atoms with Gasteiger partial charge in [0.15, 0.2) is 5.78 Å². The van der Waals surface area contributed by atoms with E-state index in [1.165, 1.54) is 49.7 Å². The second kappa shape index (κ2) is 12.2. The average Bonchev–Trinajstić information content (AvgIpc) is 3.48. The van der Waals surface area contributed by atoms with E-state index >= 15 is 0 Å². The van der Waals surface area contributed by atoms with Crippen molar-refractivity contribution in [3.63, 3.8) is 0 Å². The van der Waals surface area contributed by atoms with E-state index in [2.05, 4.69) is 122 Å². The SMILES string of the molecule is COc1ccc(C(=O)c2ccc(Oc3ccc4cc(C5(c6ccc7cc(C)ccc7c6)c6ccccc6-c6ccccc65)ccc4c3)cc2)cc1. The van der Waals surface area contributed by atoms with Crippen molar-refractivity contribution in [1.82, 2.24) is 0 Å². The molecule has 1 aliphatic rings. The van der Waals surface area contributed by atoms with Gasteiger partial charge in [0.05, 0.1) is 12.5 Å². The summed E-state index contributed by atoms with van der Waals surface area (Å²) >= 11 is 0. The molecule has 0 N–H and O–H groups in total. The molecule has 8 aromatic rings. The van der Waals surface area contributed by atoms with Crippen molar-refractivity contribution < 1.29 is 14.3 Å². The summed E-state index contributed by atoms with van der Waals surface area (Å²) in [6.45, 7) is 2.15. The summed E-state index contributed by atoms with van der Waals surface area (Å²) in [6.07, 6.45) is 0. The van der Waals surface area contributed by atoms with Gasteiger partial charge in [0, 0.05) is 11.1 Å². The van der Waals surface area contributed by atoms with Crippen molar-refractivity contribution in [2.24, 2.45) is 0 Å². The highest BCUT2D eigenvalue weighted by atomic mass is 16.5. The fraction of sp³-hybridized carbons (Fsp3) is 0.0625. The van der Waals surface area contributed by atoms with Crippen LogP contribution in [-0.4, -0.2) is 12.9 Å². The number of rotatable bonds is 7. The number of fused-ring (bicyclic) bond motifs is 5. The molecule has 0 unspecified atom stereocenters. The molecular formula is C48H34O3. The summed E-state index contributed by atoms with van der Waals surface area (Å²) in [5.74, 6) is 2.08. The van der Waals surface area contributed by atoms with Crippen LogP contribution >= 0.6 is 0 Å². The van der Waals surface area contributed by atoms with Gasteiger partial charge >= 0.3 is 0 Å². The maximum atomic E-state index is 13.0. The third kappa shape index (κ3) is 5.09. The molecule has 0 amide bonds. The molecule has 244 valence electrons. The maximum absolute atomic E-state index is 13.0. The lowest BCUT2D eigenvalue weighted by Crippen LogP contribution is -2.28. The van der Waals surface area contributed by atoms with Crippen molar-refractivity contribution >= 4 is 27.3 Å². The van der Waals surface area contributed by atoms with E-state index in [-0.39, 0.29) is 5.78 Å². The van der Waals surface area contributed by atoms with Crippen LogP contribution in [0.4, 0.5) is 0 Å². The quantitative estimate of drug-likeness (QED) is 0.160. The standard InChI is InChI=1S/C48H34O3/c1-31-11-12-35-28-38(20-13-34(35)27-31)48(45-9-5-3-7-43(45)44-8-4-6-10-46(44)48)39-21-14-37-30-42(26-19-36(37)29-39)51-41-24-17-33(18-25-41)47(49)32-15-22-40(50-2)23-16-32/h3-30H,1-2H3. The first-order chi connectivity index (χ1) is 25.0. The number of hydrogen-bond donors (Lipinski definition) is 0. The van der Waals surface area contributed by atoms with Gasteiger partial charge in [-0.2, -0.15) is 0 Å². The first-order valence-corrected chi connectivity index (χ1v) is 17.2. The third-order valence-corrected chi connectivity index (χ3v) is 10.3. The number of carbonyl (C=O) groups excluding carboxylic acids is 1. The lowest BCUT2D eigenvalue weighted by atomic mass is 9.67. The second-order valence-electron chi connectivity index (χ2n) is 13.3. The van der Waals surface area contributed by atoms with Crippen molar-refractivity contribution in [2.75, 3.05) is 7.11 Å². The van der Waals surface area contributed by atoms with Crippen LogP contribution in [0.3, 0.4) is 0 Å². The Morgan fingerprint density at radius 1 is 0.471 bits per heavy atom. The van der Waals surface area contributed by atoms with Crippen LogP contribution in [0.2, 0.25) is 0 Å². The average molecular weight is 659 g/mol. The van der Waals surface area contributed by atoms with Gasteiger partial charge in [0.1, 0.15) is 17.2 Å². The molecule has 0 radical (unpaired) electrons. The van der Waals surface area contributed by atoms with Gasteiger partial charge in [-0.1, -0.05) is 103 Å². The Morgan fingerprint density at radius 2 is 0.941 bits per heavy atom. The van der Waals surface area contributed by atoms with E-state index < -0.39 is 5.41 Å². The number of ketones is 1. The van der Waals surface area contributed by atoms with Crippen LogP contribution in [0.1, 0.15) is 43.7 Å². The smallest absolute Gasteiger partial charge is 0.193 e. The minimum atomic E-state index is -0.485. The summed E-state index contributed by atoms with van der Waals surface area (Å²) in [6, 6.07) is 58.9. The minimum Gasteiger partial charge on any atom is -0.497 e. The number of carbonyl (C=O) groups is 1. The highest BCUT2D eigenvalue weighted by Crippen LogP contribution is 2.56. The van der Waals surface area contributed by atoms with Crippen LogP contribution in [0.5, 0.6) is 17.2 Å². The number of hydrogen-bond acceptors (Lipinski definition) is 3. The Kier molecular flexibility index (Phi) is 7.29. The molecule has 3 nitrogen and oxygen atoms in total. The molecule has 0 bridgehead atoms. The molecule has 0 saturated carbocycles. The van der Waals surface area contributed by atoms with Crippen molar-refractivity contribution in [3.8, 4) is 28.4 Å². The Bertz CT molecular complexity index is 2570. The molecule has 0 aliphatic heterocycles. The van der Waals surface area contributed by atoms with Crippen molar-refractivity contribution in [1.29, 1.82) is 0 Å². The molecule has 0 heterocycles. The van der Waals surface area contributed by atoms with Gasteiger partial charge in [-0.25, -0.2) is 0 Å². The minimum absolute atomic E-state index is 0.0465. The van der Waals surface area contributed by atoms with Gasteiger partial charge in [0.2, 0.25) is 0 Å². The molecule has 0 fully saturated rings. The molecule has 9 rings (SSSR count). The lowest BCUT2D eigenvalue weighted by molar-refractivity contribution is 0.103. The molecule has 0 spiro atoms. The van der Waals surface area contributed by atoms with Crippen LogP contribution in [0.15, 0.2) is 170 Å². The lowest BCUT2D eigenvalue weighted by Gasteiger charge is -2.34. The zero-order chi connectivity index (χ0) is 34.5. The summed E-state index contributed by atoms with van der Waals surface area (Å²) in [5, 5.41) is 4.71. The van der Waals surface area contributed by atoms with E-state index in [9.17, 15) is 4.79 Å². The third-order valence-electron chi connectivity index (χ3n) is 10.3. The van der Waals surface area contributed by atoms with Crippen LogP contribution < -0.4 is 9.47 Å². The molecule has 0 atom stereocenters. The van der Waals surface area contributed by atoms with Crippen molar-refractivity contribution in [2.45, 2.75) is 12.3 Å². The summed E-state index contributed by atoms with van der Waals surface area (Å²) in [5.41, 5.74) is 9.61. The molecule has 51 heavy (non-hydrogen) atoms. The van der Waals surface area contributed by atoms with E-state index in [4.69, 9.17) is 9.47 Å². The topological polar surface area (TPSA) is 35.5 Å². The normalized spacial score (nSPS) is 12.7. The van der Waals surface area contributed by atoms with Gasteiger partial charge < -0.3 is 9.47 Å². The zero-order valence-corrected chi connectivity index (χ0v) is 28.4.